The van der Waals surface area contributed by atoms with Gasteiger partial charge in [-0.25, -0.2) is 4.79 Å². The van der Waals surface area contributed by atoms with E-state index in [4.69, 9.17) is 9.84 Å². The molecule has 0 fully saturated rings. The molecular weight excluding hydrogens is 256 g/mol. The Balaban J connectivity index is 2.18. The molecule has 94 valence electrons. The van der Waals surface area contributed by atoms with Gasteiger partial charge in [-0.05, 0) is 17.5 Å². The molecule has 0 saturated carbocycles. The summed E-state index contributed by atoms with van der Waals surface area (Å²) in [5.41, 5.74) is -0.358. The van der Waals surface area contributed by atoms with Crippen LogP contribution in [0.1, 0.15) is 6.23 Å². The number of aliphatic hydroxyl groups excluding tert-OH is 1. The molecule has 0 aliphatic carbocycles. The molecule has 0 unspecified atom stereocenters. The van der Waals surface area contributed by atoms with E-state index in [9.17, 15) is 9.59 Å². The Morgan fingerprint density at radius 2 is 2.28 bits per heavy atom. The molecule has 0 radical (unpaired) electrons. The summed E-state index contributed by atoms with van der Waals surface area (Å²) >= 11 is 1.27. The van der Waals surface area contributed by atoms with Gasteiger partial charge in [0.05, 0.1) is 12.1 Å². The van der Waals surface area contributed by atoms with Crippen molar-refractivity contribution in [2.75, 3.05) is 6.61 Å². The lowest BCUT2D eigenvalue weighted by atomic mass is 10.3. The molecule has 0 amide bonds. The maximum atomic E-state index is 11.9. The highest BCUT2D eigenvalue weighted by Crippen LogP contribution is 2.24. The third-order valence-corrected chi connectivity index (χ3v) is 3.69. The van der Waals surface area contributed by atoms with Crippen LogP contribution in [0.5, 0.6) is 0 Å². The second kappa shape index (κ2) is 4.20. The monoisotopic (exact) mass is 266 g/mol. The number of aromatic nitrogens is 2. The molecule has 3 rings (SSSR count). The van der Waals surface area contributed by atoms with Gasteiger partial charge in [0.2, 0.25) is 0 Å². The maximum absolute atomic E-state index is 11.9. The molecule has 1 aliphatic rings. The third kappa shape index (κ3) is 1.64. The number of hydrogen-bond acceptors (Lipinski definition) is 5. The van der Waals surface area contributed by atoms with Crippen LogP contribution in [-0.4, -0.2) is 27.4 Å². The van der Waals surface area contributed by atoms with E-state index in [2.05, 4.69) is 4.98 Å². The van der Waals surface area contributed by atoms with Crippen molar-refractivity contribution in [3.05, 3.63) is 44.4 Å². The minimum Gasteiger partial charge on any atom is -0.393 e. The van der Waals surface area contributed by atoms with E-state index in [-0.39, 0.29) is 12.2 Å². The van der Waals surface area contributed by atoms with Crippen molar-refractivity contribution in [1.82, 2.24) is 9.55 Å². The van der Waals surface area contributed by atoms with Crippen LogP contribution in [0, 0.1) is 0 Å². The van der Waals surface area contributed by atoms with Crippen LogP contribution in [0.15, 0.2) is 33.2 Å². The van der Waals surface area contributed by atoms with E-state index < -0.39 is 18.0 Å². The Hall–Kier alpha value is -1.70. The van der Waals surface area contributed by atoms with Crippen molar-refractivity contribution in [1.29, 1.82) is 0 Å². The van der Waals surface area contributed by atoms with E-state index >= 15 is 0 Å². The number of aliphatic hydroxyl groups is 1. The highest BCUT2D eigenvalue weighted by atomic mass is 32.1. The molecular formula is C11H10N2O4S. The molecule has 18 heavy (non-hydrogen) atoms. The number of nitrogens with zero attached hydrogens (tertiary/aromatic N) is 1. The van der Waals surface area contributed by atoms with E-state index in [0.29, 0.717) is 10.2 Å². The summed E-state index contributed by atoms with van der Waals surface area (Å²) in [7, 11) is 0. The lowest BCUT2D eigenvalue weighted by Gasteiger charge is -2.15. The van der Waals surface area contributed by atoms with Crippen LogP contribution in [0.2, 0.25) is 0 Å². The van der Waals surface area contributed by atoms with Gasteiger partial charge in [-0.2, -0.15) is 0 Å². The molecule has 0 spiro atoms. The average Bonchev–Trinajstić information content (AvgIpc) is 2.97. The molecule has 2 aromatic rings. The van der Waals surface area contributed by atoms with E-state index in [1.807, 2.05) is 0 Å². The number of rotatable bonds is 2. The Morgan fingerprint density at radius 3 is 3.00 bits per heavy atom. The summed E-state index contributed by atoms with van der Waals surface area (Å²) in [4.78, 5) is 25.7. The number of aromatic amines is 1. The summed E-state index contributed by atoms with van der Waals surface area (Å²) in [5.74, 6) is 0. The first kappa shape index (κ1) is 11.4. The van der Waals surface area contributed by atoms with Crippen molar-refractivity contribution in [2.24, 2.45) is 0 Å². The lowest BCUT2D eigenvalue weighted by molar-refractivity contribution is -0.00804. The minimum absolute atomic E-state index is 0.141. The van der Waals surface area contributed by atoms with Crippen LogP contribution in [0.3, 0.4) is 0 Å². The Kier molecular flexibility index (Phi) is 2.66. The second-order valence-corrected chi connectivity index (χ2v) is 4.81. The van der Waals surface area contributed by atoms with Gasteiger partial charge in [0.15, 0.2) is 6.23 Å². The molecule has 6 nitrogen and oxygen atoms in total. The van der Waals surface area contributed by atoms with Crippen LogP contribution in [-0.2, 0) is 4.74 Å². The van der Waals surface area contributed by atoms with Gasteiger partial charge in [0, 0.05) is 0 Å². The van der Waals surface area contributed by atoms with Crippen molar-refractivity contribution in [2.45, 2.75) is 12.3 Å². The Bertz CT molecular complexity index is 726. The molecule has 3 heterocycles. The number of ether oxygens (including phenoxy) is 1. The number of nitrogens with one attached hydrogen (secondary N) is 1. The molecule has 2 aromatic heterocycles. The number of thiophene rings is 1. The summed E-state index contributed by atoms with van der Waals surface area (Å²) in [5, 5.41) is 10.7. The number of hydrogen-bond donors (Lipinski definition) is 2. The highest BCUT2D eigenvalue weighted by molar-refractivity contribution is 7.17. The first-order valence-corrected chi connectivity index (χ1v) is 6.25. The van der Waals surface area contributed by atoms with Crippen molar-refractivity contribution < 1.29 is 9.84 Å². The van der Waals surface area contributed by atoms with Gasteiger partial charge in [-0.15, -0.1) is 11.3 Å². The lowest BCUT2D eigenvalue weighted by Crippen LogP contribution is -2.32. The standard InChI is InChI=1S/C11H10N2O4S/c14-5-6-1-2-8(17-6)13-7-3-4-18-9(7)10(15)12-11(13)16/h1-4,6,8,14H,5H2,(H,12,15,16)/t6-,8+/m0/s1. The second-order valence-electron chi connectivity index (χ2n) is 3.90. The van der Waals surface area contributed by atoms with Gasteiger partial charge in [-0.3, -0.25) is 14.3 Å². The van der Waals surface area contributed by atoms with Crippen LogP contribution in [0.25, 0.3) is 10.2 Å². The maximum Gasteiger partial charge on any atom is 0.331 e. The number of H-pyrrole nitrogens is 1. The third-order valence-electron chi connectivity index (χ3n) is 2.79. The molecule has 7 heteroatoms. The van der Waals surface area contributed by atoms with Crippen molar-refractivity contribution in [3.8, 4) is 0 Å². The topological polar surface area (TPSA) is 84.3 Å². The zero-order chi connectivity index (χ0) is 12.7. The SMILES string of the molecule is O=c1[nH]c(=O)n([C@H]2C=C[C@@H](CO)O2)c2ccsc12. The highest BCUT2D eigenvalue weighted by Gasteiger charge is 2.23. The molecule has 1 aliphatic heterocycles. The molecule has 2 atom stereocenters. The first-order chi connectivity index (χ1) is 8.70. The Labute approximate surface area is 105 Å². The van der Waals surface area contributed by atoms with E-state index in [0.717, 1.165) is 0 Å². The quantitative estimate of drug-likeness (QED) is 0.760. The van der Waals surface area contributed by atoms with Crippen molar-refractivity contribution in [3.63, 3.8) is 0 Å². The van der Waals surface area contributed by atoms with Gasteiger partial charge in [-0.1, -0.05) is 6.08 Å². The van der Waals surface area contributed by atoms with Gasteiger partial charge in [0.25, 0.3) is 5.56 Å². The van der Waals surface area contributed by atoms with Crippen LogP contribution >= 0.6 is 11.3 Å². The molecule has 0 bridgehead atoms. The normalized spacial score (nSPS) is 22.9. The average molecular weight is 266 g/mol. The summed E-state index contributed by atoms with van der Waals surface area (Å²) in [6, 6.07) is 1.71. The molecule has 2 N–H and O–H groups in total. The summed E-state index contributed by atoms with van der Waals surface area (Å²) < 4.78 is 7.34. The fraction of sp³-hybridized carbons (Fsp3) is 0.273. The zero-order valence-corrected chi connectivity index (χ0v) is 10.0. The largest absolute Gasteiger partial charge is 0.393 e. The van der Waals surface area contributed by atoms with Crippen LogP contribution < -0.4 is 11.2 Å². The summed E-state index contributed by atoms with van der Waals surface area (Å²) in [6.07, 6.45) is 2.38. The fourth-order valence-corrected chi connectivity index (χ4v) is 2.76. The number of fused-ring (bicyclic) bond motifs is 1. The van der Waals surface area contributed by atoms with Crippen molar-refractivity contribution >= 4 is 21.6 Å². The predicted molar refractivity (Wildman–Crippen MR) is 66.8 cm³/mol. The predicted octanol–water partition coefficient (Wildman–Crippen LogP) is 0.197. The smallest absolute Gasteiger partial charge is 0.331 e. The molecule has 0 saturated heterocycles. The van der Waals surface area contributed by atoms with Crippen LogP contribution in [0.4, 0.5) is 0 Å². The van der Waals surface area contributed by atoms with Gasteiger partial charge >= 0.3 is 5.69 Å². The minimum atomic E-state index is -0.594. The van der Waals surface area contributed by atoms with E-state index in [1.54, 1.807) is 23.6 Å². The van der Waals surface area contributed by atoms with Gasteiger partial charge < -0.3 is 9.84 Å². The van der Waals surface area contributed by atoms with E-state index in [1.165, 1.54) is 15.9 Å². The summed E-state index contributed by atoms with van der Waals surface area (Å²) in [6.45, 7) is -0.141. The zero-order valence-electron chi connectivity index (χ0n) is 9.20. The molecule has 0 aromatic carbocycles. The van der Waals surface area contributed by atoms with Gasteiger partial charge in [0.1, 0.15) is 10.8 Å². The first-order valence-electron chi connectivity index (χ1n) is 5.37. The fourth-order valence-electron chi connectivity index (χ4n) is 1.98. The Morgan fingerprint density at radius 1 is 1.44 bits per heavy atom.